The van der Waals surface area contributed by atoms with Crippen molar-refractivity contribution in [3.63, 3.8) is 0 Å². The number of anilines is 1. The van der Waals surface area contributed by atoms with E-state index >= 15 is 0 Å². The Morgan fingerprint density at radius 3 is 2.82 bits per heavy atom. The van der Waals surface area contributed by atoms with Crippen LogP contribution in [0.15, 0.2) is 18.2 Å². The van der Waals surface area contributed by atoms with Crippen LogP contribution >= 0.6 is 0 Å². The van der Waals surface area contributed by atoms with Crippen LogP contribution < -0.4 is 4.90 Å². The lowest BCUT2D eigenvalue weighted by Gasteiger charge is -2.30. The number of nitro benzene ring substituents is 1. The zero-order valence-corrected chi connectivity index (χ0v) is 13.0. The molecule has 0 amide bonds. The zero-order valence-electron chi connectivity index (χ0n) is 13.0. The van der Waals surface area contributed by atoms with E-state index in [0.717, 1.165) is 19.3 Å². The molecule has 0 bridgehead atoms. The largest absolute Gasteiger partial charge is 0.383 e. The molecule has 1 aromatic carbocycles. The molecular weight excluding hydrogens is 282 g/mol. The van der Waals surface area contributed by atoms with Crippen LogP contribution in [0.25, 0.3) is 0 Å². The fraction of sp³-hybridized carbons (Fsp3) is 0.562. The molecule has 2 atom stereocenters. The van der Waals surface area contributed by atoms with Crippen molar-refractivity contribution in [1.29, 1.82) is 5.26 Å². The van der Waals surface area contributed by atoms with Crippen LogP contribution in [0.4, 0.5) is 11.4 Å². The number of nitriles is 1. The van der Waals surface area contributed by atoms with Crippen molar-refractivity contribution in [3.05, 3.63) is 33.9 Å². The molecule has 6 nitrogen and oxygen atoms in total. The van der Waals surface area contributed by atoms with Gasteiger partial charge in [-0.3, -0.25) is 10.1 Å². The van der Waals surface area contributed by atoms with Crippen LogP contribution in [-0.4, -0.2) is 31.2 Å². The van der Waals surface area contributed by atoms with Crippen molar-refractivity contribution in [1.82, 2.24) is 0 Å². The van der Waals surface area contributed by atoms with Crippen LogP contribution in [0.3, 0.4) is 0 Å². The summed E-state index contributed by atoms with van der Waals surface area (Å²) in [5.74, 6) is 0.632. The van der Waals surface area contributed by atoms with Crippen molar-refractivity contribution in [2.45, 2.75) is 32.2 Å². The molecule has 2 rings (SSSR count). The van der Waals surface area contributed by atoms with Gasteiger partial charge in [-0.05, 0) is 37.3 Å². The highest BCUT2D eigenvalue weighted by Crippen LogP contribution is 2.36. The lowest BCUT2D eigenvalue weighted by atomic mass is 10.1. The van der Waals surface area contributed by atoms with Gasteiger partial charge in [0.1, 0.15) is 5.69 Å². The van der Waals surface area contributed by atoms with Crippen LogP contribution in [0.5, 0.6) is 0 Å². The molecule has 2 unspecified atom stereocenters. The van der Waals surface area contributed by atoms with E-state index in [-0.39, 0.29) is 11.7 Å². The summed E-state index contributed by atoms with van der Waals surface area (Å²) in [7, 11) is 1.63. The molecule has 0 heterocycles. The molecule has 1 aliphatic rings. The van der Waals surface area contributed by atoms with E-state index in [4.69, 9.17) is 10.00 Å². The summed E-state index contributed by atoms with van der Waals surface area (Å²) in [6.07, 6.45) is 3.20. The summed E-state index contributed by atoms with van der Waals surface area (Å²) in [6, 6.07) is 6.93. The lowest BCUT2D eigenvalue weighted by molar-refractivity contribution is -0.384. The van der Waals surface area contributed by atoms with E-state index in [1.165, 1.54) is 6.07 Å². The second-order valence-electron chi connectivity index (χ2n) is 5.83. The molecule has 0 aromatic heterocycles. The van der Waals surface area contributed by atoms with Crippen molar-refractivity contribution < 1.29 is 9.66 Å². The van der Waals surface area contributed by atoms with E-state index in [2.05, 4.69) is 11.8 Å². The third-order valence-corrected chi connectivity index (χ3v) is 4.25. The minimum absolute atomic E-state index is 0.00490. The van der Waals surface area contributed by atoms with E-state index in [1.54, 1.807) is 19.2 Å². The monoisotopic (exact) mass is 303 g/mol. The Hall–Kier alpha value is -2.13. The van der Waals surface area contributed by atoms with Crippen LogP contribution in [0, 0.1) is 27.4 Å². The molecule has 0 aliphatic heterocycles. The number of ether oxygens (including phenoxy) is 1. The van der Waals surface area contributed by atoms with Gasteiger partial charge in [0.05, 0.1) is 23.2 Å². The summed E-state index contributed by atoms with van der Waals surface area (Å²) in [6.45, 7) is 3.34. The average molecular weight is 303 g/mol. The lowest BCUT2D eigenvalue weighted by Crippen LogP contribution is -2.36. The first-order chi connectivity index (χ1) is 10.6. The molecule has 22 heavy (non-hydrogen) atoms. The highest BCUT2D eigenvalue weighted by atomic mass is 16.6. The van der Waals surface area contributed by atoms with Gasteiger partial charge in [0.25, 0.3) is 5.69 Å². The maximum absolute atomic E-state index is 11.4. The molecule has 1 aliphatic carbocycles. The van der Waals surface area contributed by atoms with Gasteiger partial charge in [-0.1, -0.05) is 6.92 Å². The maximum Gasteiger partial charge on any atom is 0.293 e. The Kier molecular flexibility index (Phi) is 5.34. The molecule has 1 saturated carbocycles. The summed E-state index contributed by atoms with van der Waals surface area (Å²) in [5, 5.41) is 20.3. The van der Waals surface area contributed by atoms with Gasteiger partial charge < -0.3 is 9.64 Å². The number of rotatable bonds is 6. The molecule has 6 heteroatoms. The number of nitrogens with zero attached hydrogens (tertiary/aromatic N) is 3. The first-order valence-electron chi connectivity index (χ1n) is 7.51. The predicted octanol–water partition coefficient (Wildman–Crippen LogP) is 3.11. The number of hydrogen-bond donors (Lipinski definition) is 0. The summed E-state index contributed by atoms with van der Waals surface area (Å²) in [5.41, 5.74) is 0.886. The molecule has 1 aromatic rings. The molecule has 0 N–H and O–H groups in total. The van der Waals surface area contributed by atoms with Crippen LogP contribution in [0.1, 0.15) is 31.7 Å². The highest BCUT2D eigenvalue weighted by molar-refractivity contribution is 5.66. The van der Waals surface area contributed by atoms with Crippen molar-refractivity contribution in [2.24, 2.45) is 5.92 Å². The predicted molar refractivity (Wildman–Crippen MR) is 83.8 cm³/mol. The standard InChI is InChI=1S/C16H21N3O3/c1-12-3-5-14(9-12)18(7-8-22-2)15-6-4-13(11-17)10-16(15)19(20)21/h4,6,10,12,14H,3,5,7-9H2,1-2H3. The Balaban J connectivity index is 2.38. The smallest absolute Gasteiger partial charge is 0.293 e. The van der Waals surface area contributed by atoms with Gasteiger partial charge in [0, 0.05) is 25.8 Å². The van der Waals surface area contributed by atoms with Gasteiger partial charge >= 0.3 is 0 Å². The van der Waals surface area contributed by atoms with Crippen molar-refractivity contribution in [2.75, 3.05) is 25.2 Å². The number of benzene rings is 1. The maximum atomic E-state index is 11.4. The van der Waals surface area contributed by atoms with Gasteiger partial charge in [-0.2, -0.15) is 5.26 Å². The second-order valence-corrected chi connectivity index (χ2v) is 5.83. The van der Waals surface area contributed by atoms with E-state index in [1.807, 2.05) is 6.07 Å². The first-order valence-corrected chi connectivity index (χ1v) is 7.51. The van der Waals surface area contributed by atoms with Gasteiger partial charge in [-0.15, -0.1) is 0 Å². The number of hydrogen-bond acceptors (Lipinski definition) is 5. The molecule has 118 valence electrons. The SMILES string of the molecule is COCCN(c1ccc(C#N)cc1[N+](=O)[O-])C1CCC(C)C1. The Bertz CT molecular complexity index is 582. The Morgan fingerprint density at radius 1 is 1.50 bits per heavy atom. The van der Waals surface area contributed by atoms with Crippen molar-refractivity contribution >= 4 is 11.4 Å². The van der Waals surface area contributed by atoms with Gasteiger partial charge in [0.2, 0.25) is 0 Å². The summed E-state index contributed by atoms with van der Waals surface area (Å²) in [4.78, 5) is 13.1. The molecule has 0 radical (unpaired) electrons. The first kappa shape index (κ1) is 16.2. The Labute approximate surface area is 130 Å². The molecule has 0 saturated heterocycles. The van der Waals surface area contributed by atoms with Gasteiger partial charge in [0.15, 0.2) is 0 Å². The second kappa shape index (κ2) is 7.23. The highest BCUT2D eigenvalue weighted by Gasteiger charge is 2.30. The Morgan fingerprint density at radius 2 is 2.27 bits per heavy atom. The minimum atomic E-state index is -0.408. The van der Waals surface area contributed by atoms with Crippen LogP contribution in [0.2, 0.25) is 0 Å². The molecular formula is C16H21N3O3. The minimum Gasteiger partial charge on any atom is -0.383 e. The number of methoxy groups -OCH3 is 1. The average Bonchev–Trinajstić information content (AvgIpc) is 2.94. The fourth-order valence-electron chi connectivity index (χ4n) is 3.13. The fourth-order valence-corrected chi connectivity index (χ4v) is 3.13. The topological polar surface area (TPSA) is 79.4 Å². The third kappa shape index (κ3) is 3.55. The van der Waals surface area contributed by atoms with E-state index < -0.39 is 4.92 Å². The van der Waals surface area contributed by atoms with E-state index in [0.29, 0.717) is 30.3 Å². The molecule has 0 spiro atoms. The van der Waals surface area contributed by atoms with Crippen molar-refractivity contribution in [3.8, 4) is 6.07 Å². The zero-order chi connectivity index (χ0) is 16.1. The third-order valence-electron chi connectivity index (χ3n) is 4.25. The molecule has 1 fully saturated rings. The normalized spacial score (nSPS) is 20.6. The summed E-state index contributed by atoms with van der Waals surface area (Å²) >= 11 is 0. The van der Waals surface area contributed by atoms with Gasteiger partial charge in [-0.25, -0.2) is 0 Å². The van der Waals surface area contributed by atoms with E-state index in [9.17, 15) is 10.1 Å². The quantitative estimate of drug-likeness (QED) is 0.596. The number of nitro groups is 1. The summed E-state index contributed by atoms with van der Waals surface area (Å²) < 4.78 is 5.16. The van der Waals surface area contributed by atoms with Crippen LogP contribution in [-0.2, 0) is 4.74 Å².